The smallest absolute Gasteiger partial charge is 0.275 e. The second kappa shape index (κ2) is 5.44. The molecule has 0 aliphatic heterocycles. The molecule has 0 aliphatic rings. The van der Waals surface area contributed by atoms with E-state index in [2.05, 4.69) is 0 Å². The van der Waals surface area contributed by atoms with Crippen LogP contribution in [0.3, 0.4) is 0 Å². The first-order chi connectivity index (χ1) is 10.2. The molecule has 4 nitrogen and oxygen atoms in total. The average molecular weight is 298 g/mol. The van der Waals surface area contributed by atoms with Gasteiger partial charge in [0.25, 0.3) is 5.69 Å². The topological polar surface area (TPSA) is 69.2 Å². The first kappa shape index (κ1) is 16.0. The van der Waals surface area contributed by atoms with Gasteiger partial charge in [-0.25, -0.2) is 0 Å². The highest BCUT2D eigenvalue weighted by Gasteiger charge is 2.23. The lowest BCUT2D eigenvalue weighted by Crippen LogP contribution is -2.04. The second-order valence-electron chi connectivity index (χ2n) is 6.04. The van der Waals surface area contributed by atoms with Gasteiger partial charge in [0, 0.05) is 16.8 Å². The minimum Gasteiger partial charge on any atom is -0.398 e. The summed E-state index contributed by atoms with van der Waals surface area (Å²) in [5.41, 5.74) is 14.6. The Balaban J connectivity index is 2.94. The molecule has 2 aromatic rings. The molecule has 0 aliphatic carbocycles. The van der Waals surface area contributed by atoms with Gasteiger partial charge in [0.15, 0.2) is 0 Å². The molecule has 2 aromatic carbocycles. The zero-order valence-electron chi connectivity index (χ0n) is 14.0. The Morgan fingerprint density at radius 3 is 1.77 bits per heavy atom. The van der Waals surface area contributed by atoms with Crippen molar-refractivity contribution in [2.75, 3.05) is 5.73 Å². The fraction of sp³-hybridized carbons (Fsp3) is 0.333. The van der Waals surface area contributed by atoms with Gasteiger partial charge < -0.3 is 5.73 Å². The standard InChI is InChI=1S/C18H22N2O2/c1-9-7-11(3)17(19)13(5)15(9)16-10(2)8-12(4)18(14(16)6)20(21)22/h7-8H,19H2,1-6H3. The second-order valence-corrected chi connectivity index (χ2v) is 6.04. The highest BCUT2D eigenvalue weighted by molar-refractivity contribution is 5.83. The number of hydrogen-bond acceptors (Lipinski definition) is 3. The van der Waals surface area contributed by atoms with Crippen molar-refractivity contribution < 1.29 is 4.92 Å². The third kappa shape index (κ3) is 2.34. The van der Waals surface area contributed by atoms with Crippen LogP contribution in [0.2, 0.25) is 0 Å². The molecule has 0 spiro atoms. The molecule has 116 valence electrons. The van der Waals surface area contributed by atoms with E-state index in [4.69, 9.17) is 5.73 Å². The van der Waals surface area contributed by atoms with Crippen molar-refractivity contribution in [1.29, 1.82) is 0 Å². The number of nitrogens with zero attached hydrogens (tertiary/aromatic N) is 1. The summed E-state index contributed by atoms with van der Waals surface area (Å²) in [6.07, 6.45) is 0. The van der Waals surface area contributed by atoms with Gasteiger partial charge in [0.2, 0.25) is 0 Å². The number of nitrogens with two attached hydrogens (primary N) is 1. The first-order valence-corrected chi connectivity index (χ1v) is 7.28. The third-order valence-electron chi connectivity index (χ3n) is 4.39. The normalized spacial score (nSPS) is 10.8. The summed E-state index contributed by atoms with van der Waals surface area (Å²) in [5, 5.41) is 11.4. The fourth-order valence-corrected chi connectivity index (χ4v) is 3.43. The molecule has 22 heavy (non-hydrogen) atoms. The lowest BCUT2D eigenvalue weighted by atomic mass is 9.86. The highest BCUT2D eigenvalue weighted by atomic mass is 16.6. The number of nitrogen functional groups attached to an aromatic ring is 1. The molecule has 4 heteroatoms. The van der Waals surface area contributed by atoms with Gasteiger partial charge in [-0.05, 0) is 81.0 Å². The van der Waals surface area contributed by atoms with Crippen molar-refractivity contribution in [1.82, 2.24) is 0 Å². The van der Waals surface area contributed by atoms with E-state index in [-0.39, 0.29) is 10.6 Å². The summed E-state index contributed by atoms with van der Waals surface area (Å²) >= 11 is 0. The van der Waals surface area contributed by atoms with E-state index in [9.17, 15) is 10.1 Å². The summed E-state index contributed by atoms with van der Waals surface area (Å²) in [6, 6.07) is 3.93. The van der Waals surface area contributed by atoms with Gasteiger partial charge in [-0.2, -0.15) is 0 Å². The molecular formula is C18H22N2O2. The number of hydrogen-bond donors (Lipinski definition) is 1. The van der Waals surface area contributed by atoms with Gasteiger partial charge in [0.05, 0.1) is 4.92 Å². The number of anilines is 1. The van der Waals surface area contributed by atoms with Gasteiger partial charge >= 0.3 is 0 Å². The van der Waals surface area contributed by atoms with E-state index >= 15 is 0 Å². The highest BCUT2D eigenvalue weighted by Crippen LogP contribution is 2.40. The van der Waals surface area contributed by atoms with E-state index in [1.165, 1.54) is 0 Å². The summed E-state index contributed by atoms with van der Waals surface area (Å²) in [7, 11) is 0. The van der Waals surface area contributed by atoms with Crippen LogP contribution in [0.4, 0.5) is 11.4 Å². The molecule has 0 bridgehead atoms. The zero-order valence-corrected chi connectivity index (χ0v) is 14.0. The van der Waals surface area contributed by atoms with Crippen molar-refractivity contribution >= 4 is 11.4 Å². The number of aryl methyl sites for hydroxylation is 4. The number of nitro benzene ring substituents is 1. The lowest BCUT2D eigenvalue weighted by Gasteiger charge is -2.19. The van der Waals surface area contributed by atoms with Crippen molar-refractivity contribution in [3.63, 3.8) is 0 Å². The maximum absolute atomic E-state index is 11.4. The summed E-state index contributed by atoms with van der Waals surface area (Å²) in [4.78, 5) is 11.1. The number of benzene rings is 2. The quantitative estimate of drug-likeness (QED) is 0.496. The van der Waals surface area contributed by atoms with Crippen molar-refractivity contribution in [2.45, 2.75) is 41.5 Å². The van der Waals surface area contributed by atoms with Gasteiger partial charge in [-0.15, -0.1) is 0 Å². The molecule has 2 rings (SSSR count). The molecule has 0 saturated heterocycles. The fourth-order valence-electron chi connectivity index (χ4n) is 3.43. The minimum absolute atomic E-state index is 0.193. The molecule has 0 atom stereocenters. The predicted molar refractivity (Wildman–Crippen MR) is 91.4 cm³/mol. The largest absolute Gasteiger partial charge is 0.398 e. The molecule has 0 amide bonds. The van der Waals surface area contributed by atoms with E-state index in [1.54, 1.807) is 6.92 Å². The van der Waals surface area contributed by atoms with Crippen LogP contribution in [0, 0.1) is 51.7 Å². The molecule has 0 heterocycles. The van der Waals surface area contributed by atoms with Crippen LogP contribution in [0.15, 0.2) is 12.1 Å². The Morgan fingerprint density at radius 2 is 1.27 bits per heavy atom. The van der Waals surface area contributed by atoms with Crippen molar-refractivity contribution in [2.24, 2.45) is 0 Å². The maximum atomic E-state index is 11.4. The molecule has 2 N–H and O–H groups in total. The Kier molecular flexibility index (Phi) is 3.96. The average Bonchev–Trinajstić information content (AvgIpc) is 2.39. The van der Waals surface area contributed by atoms with Gasteiger partial charge in [0.1, 0.15) is 0 Å². The molecule has 0 unspecified atom stereocenters. The number of rotatable bonds is 2. The molecule has 0 aromatic heterocycles. The van der Waals surface area contributed by atoms with Crippen LogP contribution in [0.5, 0.6) is 0 Å². The van der Waals surface area contributed by atoms with Gasteiger partial charge in [-0.1, -0.05) is 6.07 Å². The Labute approximate surface area is 131 Å². The van der Waals surface area contributed by atoms with Crippen LogP contribution >= 0.6 is 0 Å². The van der Waals surface area contributed by atoms with E-state index < -0.39 is 0 Å². The Bertz CT molecular complexity index is 793. The Morgan fingerprint density at radius 1 is 0.818 bits per heavy atom. The predicted octanol–water partition coefficient (Wildman–Crippen LogP) is 4.69. The maximum Gasteiger partial charge on any atom is 0.275 e. The summed E-state index contributed by atoms with van der Waals surface area (Å²) < 4.78 is 0. The van der Waals surface area contributed by atoms with Crippen LogP contribution < -0.4 is 5.73 Å². The summed E-state index contributed by atoms with van der Waals surface area (Å²) in [5.74, 6) is 0. The molecular weight excluding hydrogens is 276 g/mol. The van der Waals surface area contributed by atoms with E-state index in [0.29, 0.717) is 11.1 Å². The van der Waals surface area contributed by atoms with E-state index in [0.717, 1.165) is 39.1 Å². The molecule has 0 saturated carbocycles. The van der Waals surface area contributed by atoms with Crippen LogP contribution in [0.25, 0.3) is 11.1 Å². The van der Waals surface area contributed by atoms with Crippen LogP contribution in [0.1, 0.15) is 33.4 Å². The van der Waals surface area contributed by atoms with Crippen molar-refractivity contribution in [3.05, 3.63) is 55.6 Å². The van der Waals surface area contributed by atoms with E-state index in [1.807, 2.05) is 46.8 Å². The minimum atomic E-state index is -0.296. The van der Waals surface area contributed by atoms with Crippen LogP contribution in [-0.2, 0) is 0 Å². The lowest BCUT2D eigenvalue weighted by molar-refractivity contribution is -0.386. The molecule has 0 fully saturated rings. The van der Waals surface area contributed by atoms with Crippen LogP contribution in [-0.4, -0.2) is 4.92 Å². The van der Waals surface area contributed by atoms with Gasteiger partial charge in [-0.3, -0.25) is 10.1 Å². The summed E-state index contributed by atoms with van der Waals surface area (Å²) in [6.45, 7) is 11.6. The van der Waals surface area contributed by atoms with Crippen molar-refractivity contribution in [3.8, 4) is 11.1 Å². The Hall–Kier alpha value is -2.36. The first-order valence-electron chi connectivity index (χ1n) is 7.28. The molecule has 0 radical (unpaired) electrons. The monoisotopic (exact) mass is 298 g/mol. The third-order valence-corrected chi connectivity index (χ3v) is 4.39. The number of nitro groups is 1. The zero-order chi connectivity index (χ0) is 16.8. The SMILES string of the molecule is Cc1cc(C)c(-c2c(C)cc(C)c([N+](=O)[O-])c2C)c(C)c1N.